The number of fused-ring (bicyclic) bond motifs is 3. The molecular weight excluding hydrogens is 845 g/mol. The maximum atomic E-state index is 2.53. The summed E-state index contributed by atoms with van der Waals surface area (Å²) in [6, 6.07) is 69.5. The van der Waals surface area contributed by atoms with Crippen LogP contribution in [0.5, 0.6) is 0 Å². The van der Waals surface area contributed by atoms with Crippen molar-refractivity contribution in [3.8, 4) is 27.9 Å². The minimum Gasteiger partial charge on any atom is -0.310 e. The van der Waals surface area contributed by atoms with Crippen molar-refractivity contribution >= 4 is 71.2 Å². The second-order valence-corrected chi connectivity index (χ2v) is 24.0. The van der Waals surface area contributed by atoms with Gasteiger partial charge in [-0.3, -0.25) is 0 Å². The van der Waals surface area contributed by atoms with Crippen LogP contribution in [0.4, 0.5) is 17.1 Å². The maximum Gasteiger partial charge on any atom is 0.0541 e. The number of anilines is 3. The SMILES string of the molecule is CC(C)(C)c1ccc(-c2ccc(N(c3cccc(-c4ccc(C(C)(C)C)cc4)c3)c3ccc4ccc5c(-n6c7ccc(C(C)(C)C)cc7c7cc(C(C)(C)C)ccc76)ccc6ccc3c4c65)cc2)cc1. The van der Waals surface area contributed by atoms with E-state index in [2.05, 4.69) is 275 Å². The summed E-state index contributed by atoms with van der Waals surface area (Å²) in [4.78, 5) is 2.47. The number of benzene rings is 10. The molecule has 0 fully saturated rings. The van der Waals surface area contributed by atoms with Gasteiger partial charge in [0.1, 0.15) is 0 Å². The highest BCUT2D eigenvalue weighted by molar-refractivity contribution is 6.27. The molecule has 0 unspecified atom stereocenters. The number of hydrogen-bond acceptors (Lipinski definition) is 1. The molecule has 1 aromatic heterocycles. The largest absolute Gasteiger partial charge is 0.310 e. The molecule has 11 rings (SSSR count). The highest BCUT2D eigenvalue weighted by Crippen LogP contribution is 2.47. The molecule has 11 aromatic rings. The average Bonchev–Trinajstić information content (AvgIpc) is 3.66. The second-order valence-electron chi connectivity index (χ2n) is 24.0. The van der Waals surface area contributed by atoms with Crippen LogP contribution in [0.3, 0.4) is 0 Å². The van der Waals surface area contributed by atoms with Crippen LogP contribution in [0.15, 0.2) is 182 Å². The predicted octanol–water partition coefficient (Wildman–Crippen LogP) is 19.7. The van der Waals surface area contributed by atoms with Gasteiger partial charge in [-0.2, -0.15) is 0 Å². The molecule has 2 heteroatoms. The molecule has 0 spiro atoms. The summed E-state index contributed by atoms with van der Waals surface area (Å²) >= 11 is 0. The van der Waals surface area contributed by atoms with E-state index in [1.807, 2.05) is 0 Å². The maximum absolute atomic E-state index is 2.53. The van der Waals surface area contributed by atoms with Gasteiger partial charge >= 0.3 is 0 Å². The van der Waals surface area contributed by atoms with Crippen molar-refractivity contribution in [2.24, 2.45) is 0 Å². The number of hydrogen-bond donors (Lipinski definition) is 0. The Morgan fingerprint density at radius 3 is 1.26 bits per heavy atom. The third kappa shape index (κ3) is 7.83. The van der Waals surface area contributed by atoms with Crippen molar-refractivity contribution in [1.29, 1.82) is 0 Å². The van der Waals surface area contributed by atoms with Crippen LogP contribution in [0.25, 0.3) is 82.1 Å². The molecule has 1 heterocycles. The third-order valence-corrected chi connectivity index (χ3v) is 15.0. The van der Waals surface area contributed by atoms with Crippen LogP contribution in [0.1, 0.15) is 105 Å². The molecule has 10 aromatic carbocycles. The summed E-state index contributed by atoms with van der Waals surface area (Å²) in [5, 5.41) is 10.1. The van der Waals surface area contributed by atoms with Gasteiger partial charge in [0, 0.05) is 32.9 Å². The van der Waals surface area contributed by atoms with E-state index in [1.54, 1.807) is 0 Å². The van der Waals surface area contributed by atoms with Gasteiger partial charge in [-0.1, -0.05) is 204 Å². The molecule has 0 aliphatic rings. The van der Waals surface area contributed by atoms with Crippen molar-refractivity contribution in [3.63, 3.8) is 0 Å². The van der Waals surface area contributed by atoms with Crippen molar-refractivity contribution < 1.29 is 0 Å². The number of nitrogens with zero attached hydrogens (tertiary/aromatic N) is 2. The van der Waals surface area contributed by atoms with Crippen LogP contribution in [0, 0.1) is 0 Å². The molecule has 0 aliphatic carbocycles. The van der Waals surface area contributed by atoms with Crippen LogP contribution in [-0.2, 0) is 21.7 Å². The van der Waals surface area contributed by atoms with Gasteiger partial charge in [0.15, 0.2) is 0 Å². The number of aromatic nitrogens is 1. The first-order chi connectivity index (χ1) is 33.2. The summed E-state index contributed by atoms with van der Waals surface area (Å²) < 4.78 is 2.53. The van der Waals surface area contributed by atoms with Gasteiger partial charge in [0.25, 0.3) is 0 Å². The molecule has 0 amide bonds. The minimum atomic E-state index is 0.0300. The van der Waals surface area contributed by atoms with E-state index in [0.717, 1.165) is 17.1 Å². The van der Waals surface area contributed by atoms with Crippen molar-refractivity contribution in [2.75, 3.05) is 4.90 Å². The highest BCUT2D eigenvalue weighted by Gasteiger charge is 2.25. The summed E-state index contributed by atoms with van der Waals surface area (Å²) in [7, 11) is 0. The van der Waals surface area contributed by atoms with Gasteiger partial charge in [0.05, 0.1) is 22.4 Å². The van der Waals surface area contributed by atoms with Gasteiger partial charge < -0.3 is 9.47 Å². The van der Waals surface area contributed by atoms with Crippen molar-refractivity contribution in [2.45, 2.75) is 105 Å². The zero-order valence-electron chi connectivity index (χ0n) is 43.2. The van der Waals surface area contributed by atoms with Crippen LogP contribution in [-0.4, -0.2) is 4.57 Å². The summed E-state index contributed by atoms with van der Waals surface area (Å²) in [5.74, 6) is 0. The molecule has 0 radical (unpaired) electrons. The van der Waals surface area contributed by atoms with E-state index < -0.39 is 0 Å². The van der Waals surface area contributed by atoms with E-state index in [4.69, 9.17) is 0 Å². The van der Waals surface area contributed by atoms with Gasteiger partial charge in [-0.05, 0) is 148 Å². The topological polar surface area (TPSA) is 8.17 Å². The second kappa shape index (κ2) is 16.2. The van der Waals surface area contributed by atoms with E-state index in [9.17, 15) is 0 Å². The molecule has 0 saturated carbocycles. The fourth-order valence-electron chi connectivity index (χ4n) is 10.8. The van der Waals surface area contributed by atoms with Gasteiger partial charge in [0.2, 0.25) is 0 Å². The predicted molar refractivity (Wildman–Crippen MR) is 305 cm³/mol. The smallest absolute Gasteiger partial charge is 0.0541 e. The molecule has 70 heavy (non-hydrogen) atoms. The van der Waals surface area contributed by atoms with E-state index >= 15 is 0 Å². The zero-order valence-corrected chi connectivity index (χ0v) is 43.2. The van der Waals surface area contributed by atoms with Crippen LogP contribution >= 0.6 is 0 Å². The van der Waals surface area contributed by atoms with Crippen LogP contribution in [0.2, 0.25) is 0 Å². The van der Waals surface area contributed by atoms with E-state index in [1.165, 1.54) is 104 Å². The first-order valence-electron chi connectivity index (χ1n) is 25.2. The quantitative estimate of drug-likeness (QED) is 0.151. The summed E-state index contributed by atoms with van der Waals surface area (Å²) in [5.41, 5.74) is 17.5. The average molecular weight is 911 g/mol. The Hall–Kier alpha value is -7.16. The Morgan fingerprint density at radius 2 is 0.743 bits per heavy atom. The Kier molecular flexibility index (Phi) is 10.5. The molecule has 0 aliphatic heterocycles. The fourth-order valence-corrected chi connectivity index (χ4v) is 10.8. The third-order valence-electron chi connectivity index (χ3n) is 15.0. The molecule has 0 saturated heterocycles. The Balaban J connectivity index is 1.11. The van der Waals surface area contributed by atoms with Gasteiger partial charge in [-0.25, -0.2) is 0 Å². The van der Waals surface area contributed by atoms with Gasteiger partial charge in [-0.15, -0.1) is 0 Å². The molecule has 0 bridgehead atoms. The first kappa shape index (κ1) is 45.3. The molecule has 348 valence electrons. The molecular formula is C68H66N2. The molecule has 2 nitrogen and oxygen atoms in total. The summed E-state index contributed by atoms with van der Waals surface area (Å²) in [6.07, 6.45) is 0. The van der Waals surface area contributed by atoms with Crippen molar-refractivity contribution in [3.05, 3.63) is 204 Å². The lowest BCUT2D eigenvalue weighted by Crippen LogP contribution is -2.11. The monoisotopic (exact) mass is 911 g/mol. The molecule has 0 atom stereocenters. The molecule has 0 N–H and O–H groups in total. The summed E-state index contributed by atoms with van der Waals surface area (Å²) in [6.45, 7) is 27.5. The van der Waals surface area contributed by atoms with E-state index in [0.29, 0.717) is 0 Å². The van der Waals surface area contributed by atoms with E-state index in [-0.39, 0.29) is 21.7 Å². The minimum absolute atomic E-state index is 0.0300. The van der Waals surface area contributed by atoms with Crippen molar-refractivity contribution in [1.82, 2.24) is 4.57 Å². The Bertz CT molecular complexity index is 3690. The Morgan fingerprint density at radius 1 is 0.314 bits per heavy atom. The van der Waals surface area contributed by atoms with Crippen LogP contribution < -0.4 is 4.90 Å². The lowest BCUT2D eigenvalue weighted by molar-refractivity contribution is 0.590. The Labute approximate surface area is 415 Å². The lowest BCUT2D eigenvalue weighted by atomic mass is 9.85. The highest BCUT2D eigenvalue weighted by atomic mass is 15.1. The normalized spacial score (nSPS) is 12.9. The fraction of sp³-hybridized carbons (Fsp3) is 0.235. The first-order valence-corrected chi connectivity index (χ1v) is 25.2. The zero-order chi connectivity index (χ0) is 49.1. The standard InChI is InChI=1S/C68H66N2/c1-65(2,3)49-26-16-43(17-27-49)44-20-32-53(33-21-44)69(54-15-13-14-48(40-54)45-18-28-50(29-19-45)66(4,5)6)59-36-24-46-23-35-56-60(37-25-47-22-34-55(59)63(46)64(47)56)70-61-38-30-51(67(7,8)9)41-57(61)58-42-52(68(10,11)12)31-39-62(58)70/h13-42H,1-12H3. The lowest BCUT2D eigenvalue weighted by Gasteiger charge is -2.28. The number of rotatable bonds is 6.